The third kappa shape index (κ3) is 4.37. The molecule has 2 atom stereocenters. The number of rotatable bonds is 8. The smallest absolute Gasteiger partial charge is 0.325 e. The fourth-order valence-electron chi connectivity index (χ4n) is 3.75. The molecule has 1 aliphatic heterocycles. The van der Waals surface area contributed by atoms with E-state index in [1.807, 2.05) is 0 Å². The number of carboxylic acid groups (broad SMARTS) is 2. The number of nitrogens with zero attached hydrogens (tertiary/aromatic N) is 1. The molecule has 154 valence electrons. The number of benzene rings is 1. The van der Waals surface area contributed by atoms with Gasteiger partial charge in [0.25, 0.3) is 0 Å². The number of aromatic amines is 1. The van der Waals surface area contributed by atoms with E-state index in [4.69, 9.17) is 10.8 Å². The summed E-state index contributed by atoms with van der Waals surface area (Å²) in [5.74, 6) is -3.18. The van der Waals surface area contributed by atoms with E-state index < -0.39 is 35.8 Å². The zero-order chi connectivity index (χ0) is 21.1. The molecule has 2 amide bonds. The standard InChI is InChI=1S/C19H22N4O6/c20-18(27)14-2-1-7-23(14)17(19(28)29)12-9-21-13-4-3-10(8-11(12)13)22-15(24)5-6-16(25)26/h3-4,8-9,14,17,21H,1-2,5-7H2,(H2,20,27)(H,22,24)(H,25,26)(H,28,29). The fourth-order valence-corrected chi connectivity index (χ4v) is 3.75. The van der Waals surface area contributed by atoms with Crippen molar-refractivity contribution in [1.29, 1.82) is 0 Å². The first-order valence-corrected chi connectivity index (χ1v) is 9.18. The molecule has 2 aromatic rings. The molecule has 3 rings (SSSR count). The summed E-state index contributed by atoms with van der Waals surface area (Å²) in [4.78, 5) is 50.9. The van der Waals surface area contributed by atoms with E-state index in [2.05, 4.69) is 10.3 Å². The second-order valence-corrected chi connectivity index (χ2v) is 6.99. The van der Waals surface area contributed by atoms with Crippen LogP contribution >= 0.6 is 0 Å². The number of carbonyl (C=O) groups excluding carboxylic acids is 2. The highest BCUT2D eigenvalue weighted by Crippen LogP contribution is 2.34. The summed E-state index contributed by atoms with van der Waals surface area (Å²) in [6, 6.07) is 3.24. The van der Waals surface area contributed by atoms with Crippen LogP contribution in [0.25, 0.3) is 10.9 Å². The van der Waals surface area contributed by atoms with Gasteiger partial charge < -0.3 is 26.2 Å². The van der Waals surface area contributed by atoms with Crippen molar-refractivity contribution in [2.45, 2.75) is 37.8 Å². The van der Waals surface area contributed by atoms with Crippen molar-refractivity contribution in [2.24, 2.45) is 5.73 Å². The Morgan fingerprint density at radius 2 is 2.00 bits per heavy atom. The van der Waals surface area contributed by atoms with Crippen LogP contribution in [0.3, 0.4) is 0 Å². The number of carbonyl (C=O) groups is 4. The van der Waals surface area contributed by atoms with Crippen LogP contribution in [0.15, 0.2) is 24.4 Å². The first-order valence-electron chi connectivity index (χ1n) is 9.18. The number of aliphatic carboxylic acids is 2. The minimum absolute atomic E-state index is 0.167. The number of carboxylic acids is 2. The van der Waals surface area contributed by atoms with Crippen LogP contribution in [-0.4, -0.2) is 56.4 Å². The minimum Gasteiger partial charge on any atom is -0.481 e. The SMILES string of the molecule is NC(=O)C1CCCN1C(C(=O)O)c1c[nH]c2ccc(NC(=O)CCC(=O)O)cc12. The van der Waals surface area contributed by atoms with Crippen molar-refractivity contribution in [1.82, 2.24) is 9.88 Å². The predicted molar refractivity (Wildman–Crippen MR) is 103 cm³/mol. The molecule has 0 aliphatic carbocycles. The highest BCUT2D eigenvalue weighted by Gasteiger charge is 2.39. The van der Waals surface area contributed by atoms with Crippen LogP contribution in [0.4, 0.5) is 5.69 Å². The molecule has 1 saturated heterocycles. The quantitative estimate of drug-likeness (QED) is 0.440. The summed E-state index contributed by atoms with van der Waals surface area (Å²) >= 11 is 0. The van der Waals surface area contributed by atoms with E-state index in [-0.39, 0.29) is 12.8 Å². The topological polar surface area (TPSA) is 166 Å². The van der Waals surface area contributed by atoms with Gasteiger partial charge in [0.1, 0.15) is 6.04 Å². The second-order valence-electron chi connectivity index (χ2n) is 6.99. The Kier molecular flexibility index (Phi) is 5.83. The maximum absolute atomic E-state index is 12.1. The summed E-state index contributed by atoms with van der Waals surface area (Å²) in [5.41, 5.74) is 7.00. The van der Waals surface area contributed by atoms with Gasteiger partial charge in [0.15, 0.2) is 0 Å². The Labute approximate surface area is 165 Å². The minimum atomic E-state index is -1.10. The Morgan fingerprint density at radius 1 is 1.24 bits per heavy atom. The summed E-state index contributed by atoms with van der Waals surface area (Å²) in [7, 11) is 0. The lowest BCUT2D eigenvalue weighted by atomic mass is 10.0. The van der Waals surface area contributed by atoms with E-state index in [0.717, 1.165) is 0 Å². The largest absolute Gasteiger partial charge is 0.481 e. The number of nitrogens with two attached hydrogens (primary N) is 1. The molecule has 29 heavy (non-hydrogen) atoms. The van der Waals surface area contributed by atoms with E-state index >= 15 is 0 Å². The Morgan fingerprint density at radius 3 is 2.66 bits per heavy atom. The van der Waals surface area contributed by atoms with Gasteiger partial charge in [-0.15, -0.1) is 0 Å². The summed E-state index contributed by atoms with van der Waals surface area (Å²) in [5, 5.41) is 21.8. The van der Waals surface area contributed by atoms with Crippen LogP contribution < -0.4 is 11.1 Å². The van der Waals surface area contributed by atoms with Crippen LogP contribution in [0.1, 0.15) is 37.3 Å². The maximum atomic E-state index is 12.1. The monoisotopic (exact) mass is 402 g/mol. The van der Waals surface area contributed by atoms with Gasteiger partial charge in [-0.05, 0) is 31.0 Å². The van der Waals surface area contributed by atoms with Gasteiger partial charge in [-0.3, -0.25) is 24.1 Å². The first kappa shape index (κ1) is 20.3. The van der Waals surface area contributed by atoms with Crippen LogP contribution in [0.2, 0.25) is 0 Å². The molecule has 0 spiro atoms. The third-order valence-corrected chi connectivity index (χ3v) is 5.05. The van der Waals surface area contributed by atoms with Gasteiger partial charge in [0.05, 0.1) is 12.5 Å². The summed E-state index contributed by atoms with van der Waals surface area (Å²) in [6.45, 7) is 0.433. The number of hydrogen-bond donors (Lipinski definition) is 5. The second kappa shape index (κ2) is 8.31. The molecular formula is C19H22N4O6. The molecule has 1 fully saturated rings. The molecule has 0 saturated carbocycles. The molecule has 0 radical (unpaired) electrons. The van der Waals surface area contributed by atoms with Gasteiger partial charge >= 0.3 is 11.9 Å². The van der Waals surface area contributed by atoms with Gasteiger partial charge in [-0.1, -0.05) is 0 Å². The fraction of sp³-hybridized carbons (Fsp3) is 0.368. The molecule has 2 unspecified atom stereocenters. The number of primary amides is 1. The number of amides is 2. The zero-order valence-corrected chi connectivity index (χ0v) is 15.6. The van der Waals surface area contributed by atoms with Crippen molar-refractivity contribution in [2.75, 3.05) is 11.9 Å². The molecular weight excluding hydrogens is 380 g/mol. The lowest BCUT2D eigenvalue weighted by molar-refractivity contribution is -0.145. The summed E-state index contributed by atoms with van der Waals surface area (Å²) in [6.07, 6.45) is 2.31. The third-order valence-electron chi connectivity index (χ3n) is 5.05. The normalized spacial score (nSPS) is 17.9. The molecule has 1 aliphatic rings. The molecule has 0 bridgehead atoms. The molecule has 10 nitrogen and oxygen atoms in total. The van der Waals surface area contributed by atoms with Crippen molar-refractivity contribution in [3.05, 3.63) is 30.0 Å². The average molecular weight is 402 g/mol. The number of aromatic nitrogens is 1. The van der Waals surface area contributed by atoms with E-state index in [1.165, 1.54) is 0 Å². The van der Waals surface area contributed by atoms with Gasteiger partial charge in [-0.25, -0.2) is 0 Å². The van der Waals surface area contributed by atoms with Crippen LogP contribution in [-0.2, 0) is 19.2 Å². The Hall–Kier alpha value is -3.40. The molecule has 1 aromatic heterocycles. The lowest BCUT2D eigenvalue weighted by Crippen LogP contribution is -2.44. The van der Waals surface area contributed by atoms with Crippen LogP contribution in [0, 0.1) is 0 Å². The van der Waals surface area contributed by atoms with Gasteiger partial charge in [0.2, 0.25) is 11.8 Å². The van der Waals surface area contributed by atoms with Crippen molar-refractivity contribution in [3.8, 4) is 0 Å². The van der Waals surface area contributed by atoms with Crippen molar-refractivity contribution in [3.63, 3.8) is 0 Å². The highest BCUT2D eigenvalue weighted by molar-refractivity contribution is 5.97. The van der Waals surface area contributed by atoms with Gasteiger partial charge in [0, 0.05) is 41.3 Å². The molecule has 1 aromatic carbocycles. The Bertz CT molecular complexity index is 969. The zero-order valence-electron chi connectivity index (χ0n) is 15.6. The number of H-pyrrole nitrogens is 1. The number of nitrogens with one attached hydrogen (secondary N) is 2. The highest BCUT2D eigenvalue weighted by atomic mass is 16.4. The van der Waals surface area contributed by atoms with Crippen molar-refractivity contribution < 1.29 is 29.4 Å². The van der Waals surface area contributed by atoms with Crippen LogP contribution in [0.5, 0.6) is 0 Å². The maximum Gasteiger partial charge on any atom is 0.325 e. The summed E-state index contributed by atoms with van der Waals surface area (Å²) < 4.78 is 0. The Balaban J connectivity index is 1.91. The number of likely N-dealkylation sites (tertiary alicyclic amines) is 1. The van der Waals surface area contributed by atoms with Crippen molar-refractivity contribution >= 4 is 40.3 Å². The molecule has 10 heteroatoms. The van der Waals surface area contributed by atoms with Gasteiger partial charge in [-0.2, -0.15) is 0 Å². The molecule has 6 N–H and O–H groups in total. The average Bonchev–Trinajstić information content (AvgIpc) is 3.28. The molecule has 2 heterocycles. The number of hydrogen-bond acceptors (Lipinski definition) is 5. The van der Waals surface area contributed by atoms with E-state index in [9.17, 15) is 24.3 Å². The lowest BCUT2D eigenvalue weighted by Gasteiger charge is -2.28. The van der Waals surface area contributed by atoms with E-state index in [1.54, 1.807) is 29.3 Å². The predicted octanol–water partition coefficient (Wildman–Crippen LogP) is 1.05. The first-order chi connectivity index (χ1) is 13.8. The van der Waals surface area contributed by atoms with E-state index in [0.29, 0.717) is 41.5 Å². The number of anilines is 1. The number of fused-ring (bicyclic) bond motifs is 1.